The molecule has 1 aliphatic heterocycles. The SMILES string of the molecule is CC[C@H](N)[C@@H](O)[C@@H]1CCO[C@H]1C. The zero-order valence-corrected chi connectivity index (χ0v) is 7.86. The average molecular weight is 173 g/mol. The molecule has 0 bridgehead atoms. The first-order valence-electron chi connectivity index (χ1n) is 4.72. The Bertz CT molecular complexity index is 140. The number of hydrogen-bond acceptors (Lipinski definition) is 3. The van der Waals surface area contributed by atoms with Gasteiger partial charge in [-0.15, -0.1) is 0 Å². The first-order chi connectivity index (χ1) is 5.66. The summed E-state index contributed by atoms with van der Waals surface area (Å²) in [5.41, 5.74) is 5.75. The molecule has 1 rings (SSSR count). The molecule has 1 saturated heterocycles. The van der Waals surface area contributed by atoms with Crippen LogP contribution < -0.4 is 5.73 Å². The maximum Gasteiger partial charge on any atom is 0.0744 e. The fraction of sp³-hybridized carbons (Fsp3) is 1.00. The van der Waals surface area contributed by atoms with E-state index in [4.69, 9.17) is 10.5 Å². The average Bonchev–Trinajstić information content (AvgIpc) is 2.48. The minimum atomic E-state index is -0.396. The summed E-state index contributed by atoms with van der Waals surface area (Å²) < 4.78 is 5.37. The van der Waals surface area contributed by atoms with Gasteiger partial charge in [0.15, 0.2) is 0 Å². The van der Waals surface area contributed by atoms with Crippen LogP contribution in [-0.4, -0.2) is 30.0 Å². The van der Waals surface area contributed by atoms with E-state index >= 15 is 0 Å². The molecule has 3 N–H and O–H groups in total. The van der Waals surface area contributed by atoms with E-state index in [2.05, 4.69) is 0 Å². The molecule has 0 aliphatic carbocycles. The van der Waals surface area contributed by atoms with Crippen molar-refractivity contribution < 1.29 is 9.84 Å². The van der Waals surface area contributed by atoms with Crippen molar-refractivity contribution in [1.82, 2.24) is 0 Å². The molecule has 3 nitrogen and oxygen atoms in total. The molecule has 1 fully saturated rings. The summed E-state index contributed by atoms with van der Waals surface area (Å²) >= 11 is 0. The molecule has 1 aliphatic rings. The molecule has 0 unspecified atom stereocenters. The third-order valence-corrected chi connectivity index (χ3v) is 2.78. The van der Waals surface area contributed by atoms with Gasteiger partial charge in [0.1, 0.15) is 0 Å². The summed E-state index contributed by atoms with van der Waals surface area (Å²) in [4.78, 5) is 0. The number of aliphatic hydroxyl groups is 1. The van der Waals surface area contributed by atoms with Crippen molar-refractivity contribution in [3.63, 3.8) is 0 Å². The van der Waals surface area contributed by atoms with E-state index in [1.165, 1.54) is 0 Å². The zero-order chi connectivity index (χ0) is 9.14. The van der Waals surface area contributed by atoms with E-state index in [1.54, 1.807) is 0 Å². The van der Waals surface area contributed by atoms with Gasteiger partial charge < -0.3 is 15.6 Å². The van der Waals surface area contributed by atoms with Crippen LogP contribution in [0.25, 0.3) is 0 Å². The highest BCUT2D eigenvalue weighted by Crippen LogP contribution is 2.25. The van der Waals surface area contributed by atoms with E-state index in [1.807, 2.05) is 13.8 Å². The fourth-order valence-electron chi connectivity index (χ4n) is 1.76. The summed E-state index contributed by atoms with van der Waals surface area (Å²) in [7, 11) is 0. The second-order valence-electron chi connectivity index (χ2n) is 3.59. The van der Waals surface area contributed by atoms with E-state index in [-0.39, 0.29) is 18.1 Å². The number of aliphatic hydroxyl groups excluding tert-OH is 1. The third-order valence-electron chi connectivity index (χ3n) is 2.78. The van der Waals surface area contributed by atoms with E-state index < -0.39 is 6.10 Å². The van der Waals surface area contributed by atoms with Crippen LogP contribution in [-0.2, 0) is 4.74 Å². The Kier molecular flexibility index (Phi) is 3.50. The first kappa shape index (κ1) is 9.96. The molecule has 3 heteroatoms. The maximum atomic E-state index is 9.78. The summed E-state index contributed by atoms with van der Waals surface area (Å²) in [5.74, 6) is 0.236. The fourth-order valence-corrected chi connectivity index (χ4v) is 1.76. The minimum absolute atomic E-state index is 0.0980. The number of rotatable bonds is 3. The van der Waals surface area contributed by atoms with E-state index in [0.29, 0.717) is 0 Å². The molecule has 0 spiro atoms. The van der Waals surface area contributed by atoms with Crippen LogP contribution in [0, 0.1) is 5.92 Å². The predicted octanol–water partition coefficient (Wildman–Crippen LogP) is 0.510. The van der Waals surface area contributed by atoms with Crippen molar-refractivity contribution >= 4 is 0 Å². The molecule has 0 saturated carbocycles. The Balaban J connectivity index is 2.45. The lowest BCUT2D eigenvalue weighted by Crippen LogP contribution is -2.41. The molecular formula is C9H19NO2. The van der Waals surface area contributed by atoms with Crippen LogP contribution >= 0.6 is 0 Å². The first-order valence-corrected chi connectivity index (χ1v) is 4.72. The molecule has 0 aromatic rings. The van der Waals surface area contributed by atoms with Crippen molar-refractivity contribution in [3.8, 4) is 0 Å². The van der Waals surface area contributed by atoms with Crippen molar-refractivity contribution in [3.05, 3.63) is 0 Å². The standard InChI is InChI=1S/C9H19NO2/c1-3-8(10)9(11)7-4-5-12-6(7)2/h6-9,11H,3-5,10H2,1-2H3/t6-,7+,8-,9-/m0/s1. The predicted molar refractivity (Wildman–Crippen MR) is 47.8 cm³/mol. The van der Waals surface area contributed by atoms with Crippen molar-refractivity contribution in [2.45, 2.75) is 44.9 Å². The molecule has 0 aromatic carbocycles. The van der Waals surface area contributed by atoms with Crippen LogP contribution in [0.15, 0.2) is 0 Å². The smallest absolute Gasteiger partial charge is 0.0744 e. The summed E-state index contributed by atoms with van der Waals surface area (Å²) in [6.07, 6.45) is 1.53. The summed E-state index contributed by atoms with van der Waals surface area (Å²) in [6.45, 7) is 4.76. The van der Waals surface area contributed by atoms with Gasteiger partial charge in [-0.3, -0.25) is 0 Å². The van der Waals surface area contributed by atoms with Crippen molar-refractivity contribution in [1.29, 1.82) is 0 Å². The molecule has 12 heavy (non-hydrogen) atoms. The molecule has 0 amide bonds. The third kappa shape index (κ3) is 1.97. The molecule has 1 heterocycles. The van der Waals surface area contributed by atoms with Gasteiger partial charge >= 0.3 is 0 Å². The number of hydrogen-bond donors (Lipinski definition) is 2. The van der Waals surface area contributed by atoms with Crippen LogP contribution in [0.3, 0.4) is 0 Å². The molecule has 72 valence electrons. The largest absolute Gasteiger partial charge is 0.391 e. The van der Waals surface area contributed by atoms with Gasteiger partial charge in [-0.1, -0.05) is 6.92 Å². The van der Waals surface area contributed by atoms with Gasteiger partial charge in [0, 0.05) is 18.6 Å². The quantitative estimate of drug-likeness (QED) is 0.654. The van der Waals surface area contributed by atoms with Gasteiger partial charge in [-0.25, -0.2) is 0 Å². The second kappa shape index (κ2) is 4.21. The topological polar surface area (TPSA) is 55.5 Å². The van der Waals surface area contributed by atoms with Crippen molar-refractivity contribution in [2.75, 3.05) is 6.61 Å². The normalized spacial score (nSPS) is 35.0. The lowest BCUT2D eigenvalue weighted by atomic mass is 9.90. The molecule has 4 atom stereocenters. The Hall–Kier alpha value is -0.120. The minimum Gasteiger partial charge on any atom is -0.391 e. The van der Waals surface area contributed by atoms with Gasteiger partial charge in [-0.05, 0) is 19.8 Å². The number of nitrogens with two attached hydrogens (primary N) is 1. The number of ether oxygens (including phenoxy) is 1. The molecule has 0 radical (unpaired) electrons. The van der Waals surface area contributed by atoms with Crippen LogP contribution in [0.1, 0.15) is 26.7 Å². The van der Waals surface area contributed by atoms with Crippen LogP contribution in [0.4, 0.5) is 0 Å². The van der Waals surface area contributed by atoms with Gasteiger partial charge in [0.25, 0.3) is 0 Å². The Morgan fingerprint density at radius 3 is 2.75 bits per heavy atom. The van der Waals surface area contributed by atoms with E-state index in [9.17, 15) is 5.11 Å². The second-order valence-corrected chi connectivity index (χ2v) is 3.59. The Labute approximate surface area is 73.9 Å². The van der Waals surface area contributed by atoms with Gasteiger partial charge in [0.05, 0.1) is 12.2 Å². The highest BCUT2D eigenvalue weighted by atomic mass is 16.5. The molecular weight excluding hydrogens is 154 g/mol. The summed E-state index contributed by atoms with van der Waals surface area (Å²) in [6, 6.07) is -0.0980. The lowest BCUT2D eigenvalue weighted by Gasteiger charge is -2.25. The van der Waals surface area contributed by atoms with E-state index in [0.717, 1.165) is 19.4 Å². The highest BCUT2D eigenvalue weighted by Gasteiger charge is 2.33. The Morgan fingerprint density at radius 1 is 1.67 bits per heavy atom. The Morgan fingerprint density at radius 2 is 2.33 bits per heavy atom. The zero-order valence-electron chi connectivity index (χ0n) is 7.86. The lowest BCUT2D eigenvalue weighted by molar-refractivity contribution is 0.0298. The van der Waals surface area contributed by atoms with Crippen LogP contribution in [0.2, 0.25) is 0 Å². The maximum absolute atomic E-state index is 9.78. The van der Waals surface area contributed by atoms with Gasteiger partial charge in [0.2, 0.25) is 0 Å². The van der Waals surface area contributed by atoms with Crippen molar-refractivity contribution in [2.24, 2.45) is 11.7 Å². The van der Waals surface area contributed by atoms with Gasteiger partial charge in [-0.2, -0.15) is 0 Å². The highest BCUT2D eigenvalue weighted by molar-refractivity contribution is 4.84. The molecule has 0 aromatic heterocycles. The monoisotopic (exact) mass is 173 g/mol. The summed E-state index contributed by atoms with van der Waals surface area (Å²) in [5, 5.41) is 9.78. The van der Waals surface area contributed by atoms with Crippen LogP contribution in [0.5, 0.6) is 0 Å².